The molecule has 0 saturated carbocycles. The summed E-state index contributed by atoms with van der Waals surface area (Å²) in [7, 11) is 0. The highest BCUT2D eigenvalue weighted by molar-refractivity contribution is 5.56. The second-order valence-corrected chi connectivity index (χ2v) is 6.32. The highest BCUT2D eigenvalue weighted by Gasteiger charge is 2.21. The van der Waals surface area contributed by atoms with E-state index >= 15 is 0 Å². The van der Waals surface area contributed by atoms with Gasteiger partial charge in [0.15, 0.2) is 0 Å². The maximum absolute atomic E-state index is 11.1. The predicted octanol–water partition coefficient (Wildman–Crippen LogP) is 3.12. The molecule has 0 aromatic heterocycles. The zero-order valence-corrected chi connectivity index (χ0v) is 13.1. The molecular formula is C16H25N3O2. The van der Waals surface area contributed by atoms with Gasteiger partial charge in [0.05, 0.1) is 4.92 Å². The molecular weight excluding hydrogens is 266 g/mol. The fourth-order valence-electron chi connectivity index (χ4n) is 2.90. The minimum absolute atomic E-state index is 0.209. The van der Waals surface area contributed by atoms with Gasteiger partial charge >= 0.3 is 0 Å². The quantitative estimate of drug-likeness (QED) is 0.646. The highest BCUT2D eigenvalue weighted by Crippen LogP contribution is 2.26. The number of benzene rings is 1. The summed E-state index contributed by atoms with van der Waals surface area (Å²) in [6, 6.07) is 6.05. The van der Waals surface area contributed by atoms with Gasteiger partial charge < -0.3 is 10.2 Å². The standard InChI is InChI=1S/C16H25N3O2/c1-12(2)10-18(11-14-5-4-8-17-14)15-7-6-13(3)16(9-15)19(20)21/h6-7,9,12,14,17H,4-5,8,10-11H2,1-3H3. The molecule has 21 heavy (non-hydrogen) atoms. The number of hydrogen-bond acceptors (Lipinski definition) is 4. The normalized spacial score (nSPS) is 18.2. The highest BCUT2D eigenvalue weighted by atomic mass is 16.6. The predicted molar refractivity (Wildman–Crippen MR) is 85.9 cm³/mol. The van der Waals surface area contributed by atoms with Crippen molar-refractivity contribution < 1.29 is 4.92 Å². The van der Waals surface area contributed by atoms with Gasteiger partial charge in [0.1, 0.15) is 0 Å². The molecule has 1 saturated heterocycles. The maximum atomic E-state index is 11.1. The number of hydrogen-bond donors (Lipinski definition) is 1. The van der Waals surface area contributed by atoms with Gasteiger partial charge in [0, 0.05) is 36.4 Å². The molecule has 1 aromatic carbocycles. The van der Waals surface area contributed by atoms with E-state index in [0.717, 1.165) is 25.3 Å². The summed E-state index contributed by atoms with van der Waals surface area (Å²) in [6.45, 7) is 9.05. The van der Waals surface area contributed by atoms with E-state index in [1.165, 1.54) is 12.8 Å². The van der Waals surface area contributed by atoms with E-state index in [4.69, 9.17) is 0 Å². The van der Waals surface area contributed by atoms with Gasteiger partial charge in [-0.3, -0.25) is 10.1 Å². The maximum Gasteiger partial charge on any atom is 0.274 e. The number of anilines is 1. The van der Waals surface area contributed by atoms with Crippen LogP contribution in [0.3, 0.4) is 0 Å². The number of rotatable bonds is 6. The molecule has 1 aliphatic heterocycles. The molecule has 2 rings (SSSR count). The summed E-state index contributed by atoms with van der Waals surface area (Å²) in [5, 5.41) is 14.6. The Morgan fingerprint density at radius 1 is 1.48 bits per heavy atom. The van der Waals surface area contributed by atoms with Crippen molar-refractivity contribution in [3.63, 3.8) is 0 Å². The third kappa shape index (κ3) is 4.17. The van der Waals surface area contributed by atoms with Crippen molar-refractivity contribution in [3.8, 4) is 0 Å². The number of nitrogens with one attached hydrogen (secondary N) is 1. The van der Waals surface area contributed by atoms with Crippen molar-refractivity contribution in [2.24, 2.45) is 5.92 Å². The van der Waals surface area contributed by atoms with E-state index in [0.29, 0.717) is 17.5 Å². The van der Waals surface area contributed by atoms with Crippen LogP contribution in [-0.2, 0) is 0 Å². The topological polar surface area (TPSA) is 58.4 Å². The molecule has 1 unspecified atom stereocenters. The van der Waals surface area contributed by atoms with E-state index in [2.05, 4.69) is 24.1 Å². The Labute approximate surface area is 126 Å². The first kappa shape index (κ1) is 15.8. The second-order valence-electron chi connectivity index (χ2n) is 6.32. The monoisotopic (exact) mass is 291 g/mol. The fraction of sp³-hybridized carbons (Fsp3) is 0.625. The van der Waals surface area contributed by atoms with Crippen LogP contribution in [0.4, 0.5) is 11.4 Å². The van der Waals surface area contributed by atoms with Crippen molar-refractivity contribution in [1.82, 2.24) is 5.32 Å². The molecule has 5 heteroatoms. The summed E-state index contributed by atoms with van der Waals surface area (Å²) < 4.78 is 0. The summed E-state index contributed by atoms with van der Waals surface area (Å²) in [5.41, 5.74) is 1.88. The Morgan fingerprint density at radius 3 is 2.81 bits per heavy atom. The Kier molecular flexibility index (Phi) is 5.17. The molecule has 0 amide bonds. The first-order valence-electron chi connectivity index (χ1n) is 7.70. The average molecular weight is 291 g/mol. The summed E-state index contributed by atoms with van der Waals surface area (Å²) >= 11 is 0. The van der Waals surface area contributed by atoms with Crippen molar-refractivity contribution in [1.29, 1.82) is 0 Å². The van der Waals surface area contributed by atoms with Gasteiger partial charge in [-0.2, -0.15) is 0 Å². The third-order valence-corrected chi connectivity index (χ3v) is 3.94. The molecule has 0 radical (unpaired) electrons. The number of aryl methyl sites for hydroxylation is 1. The largest absolute Gasteiger partial charge is 0.370 e. The molecule has 0 spiro atoms. The fourth-order valence-corrected chi connectivity index (χ4v) is 2.90. The number of nitro benzene ring substituents is 1. The van der Waals surface area contributed by atoms with Gasteiger partial charge in [-0.05, 0) is 38.3 Å². The van der Waals surface area contributed by atoms with Crippen molar-refractivity contribution in [2.45, 2.75) is 39.7 Å². The zero-order chi connectivity index (χ0) is 15.4. The van der Waals surface area contributed by atoms with Crippen molar-refractivity contribution in [2.75, 3.05) is 24.5 Å². The number of nitro groups is 1. The molecule has 1 atom stereocenters. The lowest BCUT2D eigenvalue weighted by atomic mass is 10.1. The van der Waals surface area contributed by atoms with Crippen molar-refractivity contribution >= 4 is 11.4 Å². The van der Waals surface area contributed by atoms with Crippen LogP contribution in [-0.4, -0.2) is 30.6 Å². The first-order chi connectivity index (χ1) is 9.97. The van der Waals surface area contributed by atoms with E-state index in [1.807, 2.05) is 12.1 Å². The smallest absolute Gasteiger partial charge is 0.274 e. The lowest BCUT2D eigenvalue weighted by molar-refractivity contribution is -0.385. The van der Waals surface area contributed by atoms with Crippen LogP contribution in [0.15, 0.2) is 18.2 Å². The van der Waals surface area contributed by atoms with E-state index in [-0.39, 0.29) is 10.6 Å². The Hall–Kier alpha value is -1.62. The summed E-state index contributed by atoms with van der Waals surface area (Å²) in [6.07, 6.45) is 2.40. The van der Waals surface area contributed by atoms with Crippen LogP contribution in [0.5, 0.6) is 0 Å². The first-order valence-corrected chi connectivity index (χ1v) is 7.70. The van der Waals surface area contributed by atoms with Crippen molar-refractivity contribution in [3.05, 3.63) is 33.9 Å². The molecule has 1 N–H and O–H groups in total. The molecule has 0 aliphatic carbocycles. The molecule has 5 nitrogen and oxygen atoms in total. The molecule has 1 fully saturated rings. The SMILES string of the molecule is Cc1ccc(N(CC(C)C)CC2CCCN2)cc1[N+](=O)[O-]. The molecule has 1 aromatic rings. The Bertz CT molecular complexity index is 496. The van der Waals surface area contributed by atoms with E-state index < -0.39 is 0 Å². The van der Waals surface area contributed by atoms with Gasteiger partial charge in [-0.25, -0.2) is 0 Å². The van der Waals surface area contributed by atoms with Crippen LogP contribution in [0, 0.1) is 23.0 Å². The molecule has 116 valence electrons. The van der Waals surface area contributed by atoms with Crippen LogP contribution in [0.25, 0.3) is 0 Å². The van der Waals surface area contributed by atoms with Gasteiger partial charge in [0.2, 0.25) is 0 Å². The van der Waals surface area contributed by atoms with Gasteiger partial charge in [0.25, 0.3) is 5.69 Å². The summed E-state index contributed by atoms with van der Waals surface area (Å²) in [4.78, 5) is 13.1. The second kappa shape index (κ2) is 6.89. The third-order valence-electron chi connectivity index (χ3n) is 3.94. The average Bonchev–Trinajstić information content (AvgIpc) is 2.90. The molecule has 1 aliphatic rings. The zero-order valence-electron chi connectivity index (χ0n) is 13.1. The minimum atomic E-state index is -0.291. The van der Waals surface area contributed by atoms with Gasteiger partial charge in [-0.15, -0.1) is 0 Å². The minimum Gasteiger partial charge on any atom is -0.370 e. The number of nitrogens with zero attached hydrogens (tertiary/aromatic N) is 2. The molecule has 0 bridgehead atoms. The lowest BCUT2D eigenvalue weighted by Crippen LogP contribution is -2.39. The summed E-state index contributed by atoms with van der Waals surface area (Å²) in [5.74, 6) is 0.520. The van der Waals surface area contributed by atoms with Gasteiger partial charge in [-0.1, -0.05) is 19.9 Å². The van der Waals surface area contributed by atoms with Crippen LogP contribution >= 0.6 is 0 Å². The van der Waals surface area contributed by atoms with E-state index in [1.54, 1.807) is 13.0 Å². The van der Waals surface area contributed by atoms with Crippen LogP contribution < -0.4 is 10.2 Å². The van der Waals surface area contributed by atoms with Crippen LogP contribution in [0.1, 0.15) is 32.3 Å². The Morgan fingerprint density at radius 2 is 2.24 bits per heavy atom. The Balaban J connectivity index is 2.22. The van der Waals surface area contributed by atoms with Crippen LogP contribution in [0.2, 0.25) is 0 Å². The lowest BCUT2D eigenvalue weighted by Gasteiger charge is -2.29. The van der Waals surface area contributed by atoms with E-state index in [9.17, 15) is 10.1 Å². The molecule has 1 heterocycles.